The summed E-state index contributed by atoms with van der Waals surface area (Å²) < 4.78 is 11.8. The van der Waals surface area contributed by atoms with E-state index in [-0.39, 0.29) is 6.10 Å². The molecule has 2 aromatic rings. The van der Waals surface area contributed by atoms with Gasteiger partial charge in [-0.1, -0.05) is 30.3 Å². The molecule has 1 fully saturated rings. The quantitative estimate of drug-likeness (QED) is 0.932. The maximum absolute atomic E-state index is 6.16. The Morgan fingerprint density at radius 3 is 2.90 bits per heavy atom. The van der Waals surface area contributed by atoms with Gasteiger partial charge in [-0.25, -0.2) is 0 Å². The molecule has 3 nitrogen and oxygen atoms in total. The molecule has 1 aliphatic heterocycles. The monoisotopic (exact) mass is 285 g/mol. The third kappa shape index (κ3) is 2.76. The lowest BCUT2D eigenvalue weighted by Crippen LogP contribution is -2.30. The summed E-state index contributed by atoms with van der Waals surface area (Å²) in [6, 6.07) is 12.7. The van der Waals surface area contributed by atoms with Crippen molar-refractivity contribution in [1.82, 2.24) is 5.32 Å². The molecule has 0 amide bonds. The zero-order valence-electron chi connectivity index (χ0n) is 12.8. The molecule has 0 spiro atoms. The molecule has 112 valence electrons. The second kappa shape index (κ2) is 6.46. The normalized spacial score (nSPS) is 22.4. The molecule has 21 heavy (non-hydrogen) atoms. The highest BCUT2D eigenvalue weighted by molar-refractivity contribution is 5.88. The van der Waals surface area contributed by atoms with Crippen molar-refractivity contribution in [2.45, 2.75) is 18.9 Å². The van der Waals surface area contributed by atoms with Gasteiger partial charge in [0.2, 0.25) is 0 Å². The summed E-state index contributed by atoms with van der Waals surface area (Å²) in [7, 11) is 3.75. The SMILES string of the molecule is CNCC1CCCOC1c1c(OC)ccc2ccccc12. The van der Waals surface area contributed by atoms with Gasteiger partial charge in [-0.15, -0.1) is 0 Å². The molecule has 3 rings (SSSR count). The van der Waals surface area contributed by atoms with Crippen LogP contribution in [0.2, 0.25) is 0 Å². The predicted octanol–water partition coefficient (Wildman–Crippen LogP) is 3.54. The number of hydrogen-bond donors (Lipinski definition) is 1. The molecule has 2 unspecified atom stereocenters. The lowest BCUT2D eigenvalue weighted by molar-refractivity contribution is -0.0274. The molecule has 2 aromatic carbocycles. The molecular weight excluding hydrogens is 262 g/mol. The van der Waals surface area contributed by atoms with Crippen LogP contribution in [0, 0.1) is 5.92 Å². The molecule has 1 N–H and O–H groups in total. The fraction of sp³-hybridized carbons (Fsp3) is 0.444. The van der Waals surface area contributed by atoms with Crippen LogP contribution in [0.3, 0.4) is 0 Å². The number of ether oxygens (including phenoxy) is 2. The van der Waals surface area contributed by atoms with Crippen molar-refractivity contribution >= 4 is 10.8 Å². The topological polar surface area (TPSA) is 30.5 Å². The molecule has 0 radical (unpaired) electrons. The van der Waals surface area contributed by atoms with E-state index in [1.165, 1.54) is 22.8 Å². The predicted molar refractivity (Wildman–Crippen MR) is 85.8 cm³/mol. The molecule has 0 aliphatic carbocycles. The van der Waals surface area contributed by atoms with E-state index < -0.39 is 0 Å². The lowest BCUT2D eigenvalue weighted by Gasteiger charge is -2.33. The first kappa shape index (κ1) is 14.4. The smallest absolute Gasteiger partial charge is 0.125 e. The van der Waals surface area contributed by atoms with Crippen LogP contribution in [0.15, 0.2) is 36.4 Å². The van der Waals surface area contributed by atoms with Crippen LogP contribution >= 0.6 is 0 Å². The summed E-state index contributed by atoms with van der Waals surface area (Å²) in [5.74, 6) is 1.42. The molecule has 0 bridgehead atoms. The van der Waals surface area contributed by atoms with Crippen LogP contribution in [0.4, 0.5) is 0 Å². The van der Waals surface area contributed by atoms with Gasteiger partial charge in [0.25, 0.3) is 0 Å². The molecule has 1 heterocycles. The van der Waals surface area contributed by atoms with Gasteiger partial charge in [-0.05, 0) is 36.7 Å². The van der Waals surface area contributed by atoms with Crippen molar-refractivity contribution in [2.24, 2.45) is 5.92 Å². The van der Waals surface area contributed by atoms with E-state index in [9.17, 15) is 0 Å². The summed E-state index contributed by atoms with van der Waals surface area (Å²) in [5.41, 5.74) is 1.20. The summed E-state index contributed by atoms with van der Waals surface area (Å²) in [4.78, 5) is 0. The molecule has 0 saturated carbocycles. The third-order valence-corrected chi connectivity index (χ3v) is 4.35. The molecule has 2 atom stereocenters. The second-order valence-electron chi connectivity index (χ2n) is 5.65. The van der Waals surface area contributed by atoms with Gasteiger partial charge in [0.1, 0.15) is 5.75 Å². The van der Waals surface area contributed by atoms with Crippen LogP contribution in [-0.4, -0.2) is 27.3 Å². The number of rotatable bonds is 4. The zero-order valence-corrected chi connectivity index (χ0v) is 12.8. The van der Waals surface area contributed by atoms with Gasteiger partial charge in [0, 0.05) is 24.6 Å². The number of methoxy groups -OCH3 is 1. The molecular formula is C18H23NO2. The molecule has 1 saturated heterocycles. The first-order valence-corrected chi connectivity index (χ1v) is 7.67. The fourth-order valence-electron chi connectivity index (χ4n) is 3.38. The third-order valence-electron chi connectivity index (χ3n) is 4.35. The van der Waals surface area contributed by atoms with Crippen molar-refractivity contribution < 1.29 is 9.47 Å². The Balaban J connectivity index is 2.12. The number of fused-ring (bicyclic) bond motifs is 1. The van der Waals surface area contributed by atoms with Crippen LogP contribution in [0.1, 0.15) is 24.5 Å². The van der Waals surface area contributed by atoms with Crippen LogP contribution in [-0.2, 0) is 4.74 Å². The minimum Gasteiger partial charge on any atom is -0.496 e. The van der Waals surface area contributed by atoms with Crippen molar-refractivity contribution in [2.75, 3.05) is 27.3 Å². The standard InChI is InChI=1S/C18H23NO2/c1-19-12-14-7-5-11-21-18(14)17-15-8-4-3-6-13(15)9-10-16(17)20-2/h3-4,6,8-10,14,18-19H,5,7,11-12H2,1-2H3. The summed E-state index contributed by atoms with van der Waals surface area (Å²) >= 11 is 0. The van der Waals surface area contributed by atoms with Crippen molar-refractivity contribution in [3.05, 3.63) is 42.0 Å². The minimum absolute atomic E-state index is 0.104. The lowest BCUT2D eigenvalue weighted by atomic mass is 9.86. The van der Waals surface area contributed by atoms with Gasteiger partial charge in [0.15, 0.2) is 0 Å². The number of benzene rings is 2. The van der Waals surface area contributed by atoms with Crippen molar-refractivity contribution in [1.29, 1.82) is 0 Å². The Morgan fingerprint density at radius 1 is 1.24 bits per heavy atom. The van der Waals surface area contributed by atoms with Crippen molar-refractivity contribution in [3.8, 4) is 5.75 Å². The van der Waals surface area contributed by atoms with E-state index in [1.54, 1.807) is 7.11 Å². The highest BCUT2D eigenvalue weighted by Crippen LogP contribution is 2.41. The Kier molecular flexibility index (Phi) is 4.42. The van der Waals surface area contributed by atoms with E-state index in [0.29, 0.717) is 5.92 Å². The van der Waals surface area contributed by atoms with E-state index in [4.69, 9.17) is 9.47 Å². The van der Waals surface area contributed by atoms with Crippen LogP contribution in [0.25, 0.3) is 10.8 Å². The average molecular weight is 285 g/mol. The Morgan fingerprint density at radius 2 is 2.10 bits per heavy atom. The number of hydrogen-bond acceptors (Lipinski definition) is 3. The largest absolute Gasteiger partial charge is 0.496 e. The Hall–Kier alpha value is -1.58. The Labute approximate surface area is 126 Å². The van der Waals surface area contributed by atoms with Gasteiger partial charge in [0.05, 0.1) is 13.2 Å². The zero-order chi connectivity index (χ0) is 14.7. The van der Waals surface area contributed by atoms with Gasteiger partial charge < -0.3 is 14.8 Å². The molecule has 0 aromatic heterocycles. The first-order chi connectivity index (χ1) is 10.3. The van der Waals surface area contributed by atoms with E-state index >= 15 is 0 Å². The van der Waals surface area contributed by atoms with Gasteiger partial charge >= 0.3 is 0 Å². The summed E-state index contributed by atoms with van der Waals surface area (Å²) in [6.45, 7) is 1.80. The molecule has 3 heteroatoms. The average Bonchev–Trinajstić information content (AvgIpc) is 2.55. The fourth-order valence-corrected chi connectivity index (χ4v) is 3.38. The highest BCUT2D eigenvalue weighted by Gasteiger charge is 2.30. The first-order valence-electron chi connectivity index (χ1n) is 7.67. The van der Waals surface area contributed by atoms with E-state index in [1.807, 2.05) is 7.05 Å². The maximum Gasteiger partial charge on any atom is 0.125 e. The molecule has 1 aliphatic rings. The second-order valence-corrected chi connectivity index (χ2v) is 5.65. The van der Waals surface area contributed by atoms with Crippen LogP contribution < -0.4 is 10.1 Å². The minimum atomic E-state index is 0.104. The summed E-state index contributed by atoms with van der Waals surface area (Å²) in [5, 5.41) is 5.78. The maximum atomic E-state index is 6.16. The Bertz CT molecular complexity index is 609. The highest BCUT2D eigenvalue weighted by atomic mass is 16.5. The van der Waals surface area contributed by atoms with E-state index in [0.717, 1.165) is 25.3 Å². The van der Waals surface area contributed by atoms with Gasteiger partial charge in [-0.3, -0.25) is 0 Å². The van der Waals surface area contributed by atoms with Crippen molar-refractivity contribution in [3.63, 3.8) is 0 Å². The number of nitrogens with one attached hydrogen (secondary N) is 1. The van der Waals surface area contributed by atoms with Gasteiger partial charge in [-0.2, -0.15) is 0 Å². The van der Waals surface area contributed by atoms with E-state index in [2.05, 4.69) is 41.7 Å². The van der Waals surface area contributed by atoms with Crippen LogP contribution in [0.5, 0.6) is 5.75 Å². The summed E-state index contributed by atoms with van der Waals surface area (Å²) in [6.07, 6.45) is 2.43.